The monoisotopic (exact) mass is 269 g/mol. The number of hydrogen-bond acceptors (Lipinski definition) is 4. The molecule has 0 aromatic rings. The summed E-state index contributed by atoms with van der Waals surface area (Å²) in [5, 5.41) is 11.0. The van der Waals surface area contributed by atoms with Gasteiger partial charge in [0.2, 0.25) is 6.54 Å². The molecule has 0 N–H and O–H groups in total. The quantitative estimate of drug-likeness (QED) is 0.437. The number of fused-ring (bicyclic) bond motifs is 1. The molecule has 2 rings (SSSR count). The third-order valence-electron chi connectivity index (χ3n) is 4.75. The van der Waals surface area contributed by atoms with Crippen LogP contribution in [0.5, 0.6) is 0 Å². The lowest BCUT2D eigenvalue weighted by Crippen LogP contribution is -2.31. The van der Waals surface area contributed by atoms with Crippen molar-refractivity contribution >= 4 is 5.97 Å². The molecule has 19 heavy (non-hydrogen) atoms. The summed E-state index contributed by atoms with van der Waals surface area (Å²) in [6.07, 6.45) is 6.69. The van der Waals surface area contributed by atoms with Gasteiger partial charge in [-0.25, -0.2) is 0 Å². The Morgan fingerprint density at radius 1 is 1.32 bits per heavy atom. The van der Waals surface area contributed by atoms with Gasteiger partial charge < -0.3 is 4.74 Å². The first-order valence-electron chi connectivity index (χ1n) is 7.32. The molecule has 0 heterocycles. The maximum absolute atomic E-state index is 11.7. The van der Waals surface area contributed by atoms with E-state index in [4.69, 9.17) is 4.74 Å². The first-order valence-corrected chi connectivity index (χ1v) is 7.32. The molecule has 0 amide bonds. The Morgan fingerprint density at radius 2 is 1.89 bits per heavy atom. The molecule has 5 nitrogen and oxygen atoms in total. The molecule has 2 aliphatic carbocycles. The summed E-state index contributed by atoms with van der Waals surface area (Å²) in [5.41, 5.74) is -0.449. The van der Waals surface area contributed by atoms with Crippen molar-refractivity contribution in [3.8, 4) is 0 Å². The summed E-state index contributed by atoms with van der Waals surface area (Å²) in [5.74, 6) is 0.897. The van der Waals surface area contributed by atoms with E-state index in [-0.39, 0.29) is 23.9 Å². The van der Waals surface area contributed by atoms with Crippen molar-refractivity contribution in [3.63, 3.8) is 0 Å². The Morgan fingerprint density at radius 3 is 2.37 bits per heavy atom. The molecule has 0 unspecified atom stereocenters. The molecule has 0 saturated heterocycles. The van der Waals surface area contributed by atoms with E-state index < -0.39 is 5.41 Å². The SMILES string of the molecule is CCOC(=O)C[C@]1(C[N+](=O)[O-])C[C@H]2CCCC[C@H]2C1. The molecule has 0 spiro atoms. The van der Waals surface area contributed by atoms with Crippen molar-refractivity contribution in [2.45, 2.75) is 51.9 Å². The van der Waals surface area contributed by atoms with Crippen molar-refractivity contribution in [1.29, 1.82) is 0 Å². The Kier molecular flexibility index (Phi) is 4.42. The van der Waals surface area contributed by atoms with Crippen LogP contribution in [0.2, 0.25) is 0 Å². The molecular formula is C14H23NO4. The molecule has 0 aromatic heterocycles. The minimum Gasteiger partial charge on any atom is -0.466 e. The standard InChI is InChI=1S/C14H23NO4/c1-2-19-13(16)9-14(10-15(17)18)7-11-5-3-4-6-12(11)8-14/h11-12H,2-10H2,1H3/t11-,12+,14+. The largest absolute Gasteiger partial charge is 0.466 e. The van der Waals surface area contributed by atoms with Gasteiger partial charge in [0.25, 0.3) is 0 Å². The van der Waals surface area contributed by atoms with E-state index in [1.165, 1.54) is 25.7 Å². The number of rotatable bonds is 5. The average molecular weight is 269 g/mol. The van der Waals surface area contributed by atoms with Gasteiger partial charge in [0, 0.05) is 10.3 Å². The lowest BCUT2D eigenvalue weighted by molar-refractivity contribution is -0.497. The number of hydrogen-bond donors (Lipinski definition) is 0. The predicted molar refractivity (Wildman–Crippen MR) is 70.2 cm³/mol. The number of carbonyl (C=O) groups excluding carboxylic acids is 1. The van der Waals surface area contributed by atoms with Gasteiger partial charge in [0.15, 0.2) is 0 Å². The number of ether oxygens (including phenoxy) is 1. The zero-order valence-electron chi connectivity index (χ0n) is 11.6. The van der Waals surface area contributed by atoms with Gasteiger partial charge in [0.1, 0.15) is 0 Å². The van der Waals surface area contributed by atoms with Gasteiger partial charge in [-0.1, -0.05) is 25.7 Å². The van der Waals surface area contributed by atoms with Crippen molar-refractivity contribution in [1.82, 2.24) is 0 Å². The van der Waals surface area contributed by atoms with E-state index >= 15 is 0 Å². The Labute approximate surface area is 113 Å². The summed E-state index contributed by atoms with van der Waals surface area (Å²) in [6, 6.07) is 0. The molecule has 2 saturated carbocycles. The van der Waals surface area contributed by atoms with Crippen molar-refractivity contribution in [2.75, 3.05) is 13.2 Å². The fourth-order valence-corrected chi connectivity index (χ4v) is 4.14. The number of esters is 1. The molecule has 5 heteroatoms. The van der Waals surface area contributed by atoms with Crippen LogP contribution in [-0.2, 0) is 9.53 Å². The number of nitro groups is 1. The maximum Gasteiger partial charge on any atom is 0.306 e. The normalized spacial score (nSPS) is 33.7. The van der Waals surface area contributed by atoms with Gasteiger partial charge >= 0.3 is 5.97 Å². The highest BCUT2D eigenvalue weighted by Gasteiger charge is 2.50. The number of nitrogens with zero attached hydrogens (tertiary/aromatic N) is 1. The lowest BCUT2D eigenvalue weighted by Gasteiger charge is -2.24. The minimum atomic E-state index is -0.449. The van der Waals surface area contributed by atoms with E-state index in [1.807, 2.05) is 0 Å². The van der Waals surface area contributed by atoms with E-state index in [1.54, 1.807) is 6.92 Å². The molecule has 0 aliphatic heterocycles. The summed E-state index contributed by atoms with van der Waals surface area (Å²) in [4.78, 5) is 22.5. The van der Waals surface area contributed by atoms with E-state index in [9.17, 15) is 14.9 Å². The second-order valence-corrected chi connectivity index (χ2v) is 6.19. The number of carbonyl (C=O) groups is 1. The third kappa shape index (κ3) is 3.45. The van der Waals surface area contributed by atoms with Crippen LogP contribution in [-0.4, -0.2) is 24.0 Å². The average Bonchev–Trinajstić information content (AvgIpc) is 2.65. The lowest BCUT2D eigenvalue weighted by atomic mass is 9.81. The van der Waals surface area contributed by atoms with Gasteiger partial charge in [-0.3, -0.25) is 14.9 Å². The molecule has 2 aliphatic rings. The summed E-state index contributed by atoms with van der Waals surface area (Å²) < 4.78 is 5.00. The van der Waals surface area contributed by atoms with Gasteiger partial charge in [-0.2, -0.15) is 0 Å². The van der Waals surface area contributed by atoms with E-state index in [0.717, 1.165) is 12.8 Å². The minimum absolute atomic E-state index is 0.0845. The fraction of sp³-hybridized carbons (Fsp3) is 0.929. The van der Waals surface area contributed by atoms with Crippen LogP contribution in [0.25, 0.3) is 0 Å². The molecule has 0 aromatic carbocycles. The molecule has 108 valence electrons. The predicted octanol–water partition coefficient (Wildman–Crippen LogP) is 2.80. The summed E-state index contributed by atoms with van der Waals surface area (Å²) in [7, 11) is 0. The van der Waals surface area contributed by atoms with Crippen LogP contribution >= 0.6 is 0 Å². The summed E-state index contributed by atoms with van der Waals surface area (Å²) >= 11 is 0. The fourth-order valence-electron chi connectivity index (χ4n) is 4.14. The molecule has 3 atom stereocenters. The van der Waals surface area contributed by atoms with E-state index in [0.29, 0.717) is 18.4 Å². The topological polar surface area (TPSA) is 69.4 Å². The zero-order chi connectivity index (χ0) is 13.9. The highest BCUT2D eigenvalue weighted by Crippen LogP contribution is 2.53. The second kappa shape index (κ2) is 5.88. The van der Waals surface area contributed by atoms with Crippen LogP contribution in [0.15, 0.2) is 0 Å². The maximum atomic E-state index is 11.7. The van der Waals surface area contributed by atoms with Crippen molar-refractivity contribution in [2.24, 2.45) is 17.3 Å². The molecule has 0 bridgehead atoms. The molecular weight excluding hydrogens is 246 g/mol. The van der Waals surface area contributed by atoms with E-state index in [2.05, 4.69) is 0 Å². The highest BCUT2D eigenvalue weighted by atomic mass is 16.6. The van der Waals surface area contributed by atoms with Crippen LogP contribution in [0, 0.1) is 27.4 Å². The second-order valence-electron chi connectivity index (χ2n) is 6.19. The van der Waals surface area contributed by atoms with Crippen LogP contribution in [0.4, 0.5) is 0 Å². The Bertz CT molecular complexity index is 341. The summed E-state index contributed by atoms with van der Waals surface area (Å²) in [6.45, 7) is 2.03. The van der Waals surface area contributed by atoms with Crippen LogP contribution in [0.1, 0.15) is 51.9 Å². The van der Waals surface area contributed by atoms with Crippen LogP contribution < -0.4 is 0 Å². The molecule has 0 radical (unpaired) electrons. The highest BCUT2D eigenvalue weighted by molar-refractivity contribution is 5.70. The smallest absolute Gasteiger partial charge is 0.306 e. The Balaban J connectivity index is 2.07. The van der Waals surface area contributed by atoms with Crippen LogP contribution in [0.3, 0.4) is 0 Å². The van der Waals surface area contributed by atoms with Crippen molar-refractivity contribution < 1.29 is 14.5 Å². The first-order chi connectivity index (χ1) is 9.04. The van der Waals surface area contributed by atoms with Gasteiger partial charge in [-0.05, 0) is 31.6 Å². The van der Waals surface area contributed by atoms with Gasteiger partial charge in [0.05, 0.1) is 13.0 Å². The zero-order valence-corrected chi connectivity index (χ0v) is 11.6. The third-order valence-corrected chi connectivity index (χ3v) is 4.75. The Hall–Kier alpha value is -1.13. The molecule has 2 fully saturated rings. The van der Waals surface area contributed by atoms with Gasteiger partial charge in [-0.15, -0.1) is 0 Å². The van der Waals surface area contributed by atoms with Crippen molar-refractivity contribution in [3.05, 3.63) is 10.1 Å². The first kappa shape index (κ1) is 14.3.